The van der Waals surface area contributed by atoms with Crippen molar-refractivity contribution in [2.75, 3.05) is 26.4 Å². The number of nitrogens with one attached hydrogen (secondary N) is 1. The average Bonchev–Trinajstić information content (AvgIpc) is 3.30. The SMILES string of the molecule is O=C(NC1COc2ccc(COCC(F)(F)F)cc2C1)c1cc2n(n1)CC(COCC(F)(F)F)O2. The summed E-state index contributed by atoms with van der Waals surface area (Å²) in [5.41, 5.74) is 1.32. The number of carbonyl (C=O) groups is 1. The number of amides is 1. The molecule has 0 aliphatic carbocycles. The molecule has 4 rings (SSSR count). The van der Waals surface area contributed by atoms with Crippen molar-refractivity contribution in [3.05, 3.63) is 41.1 Å². The zero-order valence-corrected chi connectivity index (χ0v) is 18.1. The number of nitrogens with zero attached hydrogens (tertiary/aromatic N) is 2. The maximum Gasteiger partial charge on any atom is 0.411 e. The standard InChI is InChI=1S/C21H21F6N3O5/c22-20(23,24)10-32-7-12-1-2-17-13(3-12)4-14(8-34-17)28-19(31)16-5-18-30(29-16)6-15(35-18)9-33-11-21(25,26)27/h1-3,5,14-15H,4,6-11H2,(H,28,31). The van der Waals surface area contributed by atoms with Crippen LogP contribution >= 0.6 is 0 Å². The summed E-state index contributed by atoms with van der Waals surface area (Å²) in [7, 11) is 0. The van der Waals surface area contributed by atoms with E-state index in [1.54, 1.807) is 18.2 Å². The van der Waals surface area contributed by atoms with Gasteiger partial charge in [-0.2, -0.15) is 31.4 Å². The van der Waals surface area contributed by atoms with Gasteiger partial charge in [0.15, 0.2) is 5.69 Å². The van der Waals surface area contributed by atoms with E-state index in [4.69, 9.17) is 9.47 Å². The van der Waals surface area contributed by atoms with Crippen molar-refractivity contribution in [3.63, 3.8) is 0 Å². The Labute approximate surface area is 195 Å². The minimum Gasteiger partial charge on any atom is -0.491 e. The molecule has 0 fully saturated rings. The Bertz CT molecular complexity index is 1030. The highest BCUT2D eigenvalue weighted by Gasteiger charge is 2.32. The maximum atomic E-state index is 12.6. The number of rotatable bonds is 8. The number of benzene rings is 1. The van der Waals surface area contributed by atoms with E-state index in [9.17, 15) is 31.1 Å². The van der Waals surface area contributed by atoms with Crippen LogP contribution in [-0.2, 0) is 29.0 Å². The number of carbonyl (C=O) groups excluding carboxylic acids is 1. The number of halogens is 6. The maximum absolute atomic E-state index is 12.6. The normalized spacial score (nSPS) is 19.5. The molecule has 3 heterocycles. The average molecular weight is 509 g/mol. The molecular weight excluding hydrogens is 488 g/mol. The Balaban J connectivity index is 1.27. The van der Waals surface area contributed by atoms with Gasteiger partial charge in [-0.25, -0.2) is 4.68 Å². The second-order valence-corrected chi connectivity index (χ2v) is 8.16. The first-order valence-corrected chi connectivity index (χ1v) is 10.5. The smallest absolute Gasteiger partial charge is 0.411 e. The molecule has 35 heavy (non-hydrogen) atoms. The Hall–Kier alpha value is -3.00. The number of fused-ring (bicyclic) bond motifs is 2. The third-order valence-electron chi connectivity index (χ3n) is 5.11. The van der Waals surface area contributed by atoms with E-state index >= 15 is 0 Å². The molecule has 2 unspecified atom stereocenters. The summed E-state index contributed by atoms with van der Waals surface area (Å²) in [5, 5.41) is 6.91. The summed E-state index contributed by atoms with van der Waals surface area (Å²) >= 11 is 0. The number of hydrogen-bond donors (Lipinski definition) is 1. The van der Waals surface area contributed by atoms with Crippen molar-refractivity contribution < 1.29 is 50.1 Å². The molecule has 14 heteroatoms. The summed E-state index contributed by atoms with van der Waals surface area (Å²) in [6.07, 6.45) is -9.10. The molecule has 2 aliphatic heterocycles. The number of aromatic nitrogens is 2. The van der Waals surface area contributed by atoms with E-state index in [2.05, 4.69) is 19.9 Å². The highest BCUT2D eigenvalue weighted by Crippen LogP contribution is 2.27. The van der Waals surface area contributed by atoms with Crippen molar-refractivity contribution >= 4 is 5.91 Å². The molecule has 0 radical (unpaired) electrons. The van der Waals surface area contributed by atoms with Crippen LogP contribution in [0.3, 0.4) is 0 Å². The van der Waals surface area contributed by atoms with Gasteiger partial charge in [0.2, 0.25) is 5.88 Å². The van der Waals surface area contributed by atoms with E-state index in [0.717, 1.165) is 0 Å². The topological polar surface area (TPSA) is 83.8 Å². The molecule has 0 bridgehead atoms. The summed E-state index contributed by atoms with van der Waals surface area (Å²) < 4.78 is 95.1. The zero-order valence-electron chi connectivity index (χ0n) is 18.1. The second-order valence-electron chi connectivity index (χ2n) is 8.16. The van der Waals surface area contributed by atoms with E-state index in [0.29, 0.717) is 23.3 Å². The van der Waals surface area contributed by atoms with E-state index in [1.165, 1.54) is 10.7 Å². The Morgan fingerprint density at radius 1 is 1.11 bits per heavy atom. The second kappa shape index (κ2) is 9.93. The van der Waals surface area contributed by atoms with Crippen molar-refractivity contribution in [2.45, 2.75) is 44.1 Å². The van der Waals surface area contributed by atoms with Gasteiger partial charge in [-0.1, -0.05) is 6.07 Å². The summed E-state index contributed by atoms with van der Waals surface area (Å²) in [6.45, 7) is -2.89. The number of alkyl halides is 6. The fourth-order valence-corrected chi connectivity index (χ4v) is 3.70. The first-order valence-electron chi connectivity index (χ1n) is 10.5. The zero-order chi connectivity index (χ0) is 25.2. The Morgan fingerprint density at radius 3 is 2.57 bits per heavy atom. The lowest BCUT2D eigenvalue weighted by Crippen LogP contribution is -2.43. The van der Waals surface area contributed by atoms with Crippen molar-refractivity contribution in [1.82, 2.24) is 15.1 Å². The molecule has 1 amide bonds. The van der Waals surface area contributed by atoms with E-state index in [-0.39, 0.29) is 37.9 Å². The van der Waals surface area contributed by atoms with Crippen molar-refractivity contribution in [3.8, 4) is 11.6 Å². The first-order chi connectivity index (χ1) is 16.4. The van der Waals surface area contributed by atoms with Crippen LogP contribution in [0.4, 0.5) is 26.3 Å². The minimum absolute atomic E-state index is 0.0646. The lowest BCUT2D eigenvalue weighted by Gasteiger charge is -2.26. The highest BCUT2D eigenvalue weighted by molar-refractivity contribution is 5.92. The van der Waals surface area contributed by atoms with E-state index in [1.807, 2.05) is 0 Å². The van der Waals surface area contributed by atoms with Crippen LogP contribution in [0.5, 0.6) is 11.6 Å². The molecule has 8 nitrogen and oxygen atoms in total. The lowest BCUT2D eigenvalue weighted by atomic mass is 10.0. The van der Waals surface area contributed by atoms with Crippen molar-refractivity contribution in [2.24, 2.45) is 0 Å². The van der Waals surface area contributed by atoms with Gasteiger partial charge in [0.25, 0.3) is 5.91 Å². The quantitative estimate of drug-likeness (QED) is 0.551. The molecule has 192 valence electrons. The molecule has 1 aromatic carbocycles. The molecule has 1 aromatic heterocycles. The molecule has 0 spiro atoms. The number of ether oxygens (including phenoxy) is 4. The highest BCUT2D eigenvalue weighted by atomic mass is 19.4. The van der Waals surface area contributed by atoms with Gasteiger partial charge in [0.05, 0.1) is 25.8 Å². The minimum atomic E-state index is -4.43. The molecule has 0 saturated carbocycles. The van der Waals surface area contributed by atoms with Gasteiger partial charge in [-0.15, -0.1) is 0 Å². The van der Waals surface area contributed by atoms with Crippen LogP contribution < -0.4 is 14.8 Å². The summed E-state index contributed by atoms with van der Waals surface area (Å²) in [6, 6.07) is 5.90. The van der Waals surface area contributed by atoms with E-state index < -0.39 is 43.6 Å². The third-order valence-corrected chi connectivity index (χ3v) is 5.11. The summed E-state index contributed by atoms with van der Waals surface area (Å²) in [4.78, 5) is 12.6. The van der Waals surface area contributed by atoms with Gasteiger partial charge < -0.3 is 24.3 Å². The van der Waals surface area contributed by atoms with Gasteiger partial charge in [0, 0.05) is 6.07 Å². The predicted molar refractivity (Wildman–Crippen MR) is 106 cm³/mol. The van der Waals surface area contributed by atoms with Gasteiger partial charge in [-0.3, -0.25) is 4.79 Å². The molecule has 0 saturated heterocycles. The fourth-order valence-electron chi connectivity index (χ4n) is 3.70. The molecule has 2 atom stereocenters. The predicted octanol–water partition coefficient (Wildman–Crippen LogP) is 3.04. The largest absolute Gasteiger partial charge is 0.491 e. The third kappa shape index (κ3) is 7.01. The molecule has 2 aromatic rings. The van der Waals surface area contributed by atoms with Gasteiger partial charge >= 0.3 is 12.4 Å². The molecule has 1 N–H and O–H groups in total. The summed E-state index contributed by atoms with van der Waals surface area (Å²) in [5.74, 6) is 0.315. The Kier molecular flexibility index (Phi) is 7.12. The van der Waals surface area contributed by atoms with Crippen LogP contribution in [0, 0.1) is 0 Å². The van der Waals surface area contributed by atoms with Crippen LogP contribution in [0.1, 0.15) is 21.6 Å². The lowest BCUT2D eigenvalue weighted by molar-refractivity contribution is -0.178. The van der Waals surface area contributed by atoms with Gasteiger partial charge in [-0.05, 0) is 29.7 Å². The molecule has 2 aliphatic rings. The first kappa shape index (κ1) is 25.1. The molecular formula is C21H21F6N3O5. The van der Waals surface area contributed by atoms with Crippen LogP contribution in [0.2, 0.25) is 0 Å². The van der Waals surface area contributed by atoms with Crippen molar-refractivity contribution in [1.29, 1.82) is 0 Å². The van der Waals surface area contributed by atoms with Crippen LogP contribution in [-0.4, -0.2) is 66.6 Å². The Morgan fingerprint density at radius 2 is 1.86 bits per heavy atom. The number of hydrogen-bond acceptors (Lipinski definition) is 6. The fraction of sp³-hybridized carbons (Fsp3) is 0.524. The van der Waals surface area contributed by atoms with Gasteiger partial charge in [0.1, 0.15) is 31.7 Å². The monoisotopic (exact) mass is 509 g/mol. The van der Waals surface area contributed by atoms with Crippen LogP contribution in [0.25, 0.3) is 0 Å². The van der Waals surface area contributed by atoms with Crippen LogP contribution in [0.15, 0.2) is 24.3 Å².